The number of carbonyl (C=O) groups excluding carboxylic acids is 1. The van der Waals surface area contributed by atoms with E-state index in [1.165, 1.54) is 30.6 Å². The Bertz CT molecular complexity index is 2380. The first-order chi connectivity index (χ1) is 24.8. The summed E-state index contributed by atoms with van der Waals surface area (Å²) in [6.07, 6.45) is 5.80. The lowest BCUT2D eigenvalue weighted by atomic mass is 9.93. The molecule has 0 bridgehead atoms. The fraction of sp³-hybridized carbons (Fsp3) is 0.289. The first-order valence-electron chi connectivity index (χ1n) is 16.9. The van der Waals surface area contributed by atoms with Crippen LogP contribution in [0.2, 0.25) is 5.02 Å². The topological polar surface area (TPSA) is 106 Å². The van der Waals surface area contributed by atoms with Crippen molar-refractivity contribution in [1.82, 2.24) is 25.1 Å². The summed E-state index contributed by atoms with van der Waals surface area (Å²) >= 11 is 7.92. The number of nitrogens with zero attached hydrogens (tertiary/aromatic N) is 5. The lowest BCUT2D eigenvalue weighted by Crippen LogP contribution is -2.22. The maximum absolute atomic E-state index is 15.3. The maximum atomic E-state index is 15.3. The minimum Gasteiger partial charge on any atom is -0.492 e. The standard InChI is InChI=1S/C38H31ClF2N6O3S/c1-18-45-46-37(50-18)29-26(11-7-19-5-8-21(40)9-6-19)43-33-27-4-3-15-47(27)38(48)31(33)30(29)28-16-20-13-14-42-36(35(20)51-28)44-25-12-10-22-23(25)17-24(39)34(49-2)32(22)41/h5-6,8-9,13-14,16-17,25,27H,3-4,7,10-12,15H2,1-2H3,(H,42,44)/t25-,27-/m0/s1. The molecule has 6 heterocycles. The number of hydrogen-bond donors (Lipinski definition) is 1. The van der Waals surface area contributed by atoms with Crippen LogP contribution >= 0.6 is 22.9 Å². The van der Waals surface area contributed by atoms with Crippen LogP contribution in [0.4, 0.5) is 14.6 Å². The fourth-order valence-corrected chi connectivity index (χ4v) is 9.32. The second kappa shape index (κ2) is 12.4. The van der Waals surface area contributed by atoms with E-state index in [-0.39, 0.29) is 40.5 Å². The van der Waals surface area contributed by atoms with Crippen molar-refractivity contribution in [3.8, 4) is 27.6 Å². The van der Waals surface area contributed by atoms with Gasteiger partial charge in [0.05, 0.1) is 51.4 Å². The second-order valence-electron chi connectivity index (χ2n) is 13.2. The lowest BCUT2D eigenvalue weighted by Gasteiger charge is -2.17. The highest BCUT2D eigenvalue weighted by molar-refractivity contribution is 7.23. The molecule has 1 fully saturated rings. The quantitative estimate of drug-likeness (QED) is 0.166. The third-order valence-corrected chi connectivity index (χ3v) is 11.7. The van der Waals surface area contributed by atoms with Gasteiger partial charge in [0, 0.05) is 30.1 Å². The molecule has 1 aliphatic carbocycles. The van der Waals surface area contributed by atoms with E-state index < -0.39 is 5.82 Å². The maximum Gasteiger partial charge on any atom is 0.257 e. The number of nitrogens with one attached hydrogen (secondary N) is 1. The number of ether oxygens (including phenoxy) is 1. The Labute approximate surface area is 300 Å². The van der Waals surface area contributed by atoms with Crippen LogP contribution in [-0.4, -0.2) is 44.6 Å². The van der Waals surface area contributed by atoms with Crippen LogP contribution in [0.25, 0.3) is 32.0 Å². The summed E-state index contributed by atoms with van der Waals surface area (Å²) in [5, 5.41) is 13.3. The molecule has 0 radical (unpaired) electrons. The summed E-state index contributed by atoms with van der Waals surface area (Å²) in [5.74, 6) is 0.623. The SMILES string of the molecule is COc1c(Cl)cc2c(c1F)CC[C@@H]2Nc1nccc2cc(-c3c4c(nc(CCc5ccc(F)cc5)c3-c3nnc(C)o3)[C@@H]3CCCN3C4=O)sc12. The Morgan fingerprint density at radius 3 is 2.71 bits per heavy atom. The van der Waals surface area contributed by atoms with E-state index in [1.54, 1.807) is 31.3 Å². The third-order valence-electron chi connectivity index (χ3n) is 10.2. The van der Waals surface area contributed by atoms with Crippen molar-refractivity contribution in [2.45, 2.75) is 57.5 Å². The van der Waals surface area contributed by atoms with Crippen LogP contribution in [0.15, 0.2) is 53.1 Å². The zero-order valence-corrected chi connectivity index (χ0v) is 29.3. The molecule has 2 atom stereocenters. The van der Waals surface area contributed by atoms with E-state index in [1.807, 2.05) is 11.0 Å². The molecule has 9 rings (SSSR count). The molecular weight excluding hydrogens is 694 g/mol. The van der Waals surface area contributed by atoms with Crippen molar-refractivity contribution < 1.29 is 22.7 Å². The Morgan fingerprint density at radius 2 is 1.92 bits per heavy atom. The van der Waals surface area contributed by atoms with Crippen LogP contribution in [0.3, 0.4) is 0 Å². The molecule has 0 spiro atoms. The predicted molar refractivity (Wildman–Crippen MR) is 190 cm³/mol. The molecule has 2 aliphatic heterocycles. The summed E-state index contributed by atoms with van der Waals surface area (Å²) in [5.41, 5.74) is 5.76. The van der Waals surface area contributed by atoms with Gasteiger partial charge in [0.2, 0.25) is 11.8 Å². The van der Waals surface area contributed by atoms with E-state index in [2.05, 4.69) is 21.6 Å². The molecule has 1 N–H and O–H groups in total. The number of halogens is 3. The van der Waals surface area contributed by atoms with E-state index in [0.29, 0.717) is 60.6 Å². The Morgan fingerprint density at radius 1 is 1.08 bits per heavy atom. The smallest absolute Gasteiger partial charge is 0.257 e. The molecule has 1 amide bonds. The number of aromatic nitrogens is 4. The summed E-state index contributed by atoms with van der Waals surface area (Å²) in [7, 11) is 1.41. The van der Waals surface area contributed by atoms with Crippen molar-refractivity contribution in [1.29, 1.82) is 0 Å². The predicted octanol–water partition coefficient (Wildman–Crippen LogP) is 8.83. The third kappa shape index (κ3) is 5.26. The first-order valence-corrected chi connectivity index (χ1v) is 18.1. The van der Waals surface area contributed by atoms with E-state index in [9.17, 15) is 9.18 Å². The Hall–Kier alpha value is -4.94. The van der Waals surface area contributed by atoms with Crippen molar-refractivity contribution in [2.24, 2.45) is 0 Å². The minimum absolute atomic E-state index is 0.0524. The molecule has 4 aromatic heterocycles. The average molecular weight is 725 g/mol. The zero-order valence-electron chi connectivity index (χ0n) is 27.7. The van der Waals surface area contributed by atoms with Crippen LogP contribution in [0, 0.1) is 18.6 Å². The number of benzene rings is 2. The normalized spacial score (nSPS) is 17.7. The number of rotatable bonds is 8. The molecule has 13 heteroatoms. The van der Waals surface area contributed by atoms with Crippen LogP contribution in [-0.2, 0) is 19.3 Å². The number of pyridine rings is 2. The highest BCUT2D eigenvalue weighted by atomic mass is 35.5. The van der Waals surface area contributed by atoms with Gasteiger partial charge >= 0.3 is 0 Å². The Kier molecular flexibility index (Phi) is 7.77. The van der Waals surface area contributed by atoms with Gasteiger partial charge in [0.25, 0.3) is 5.91 Å². The van der Waals surface area contributed by atoms with E-state index in [4.69, 9.17) is 30.7 Å². The molecule has 0 saturated carbocycles. The van der Waals surface area contributed by atoms with Crippen molar-refractivity contribution in [3.63, 3.8) is 0 Å². The molecular formula is C38H31ClF2N6O3S. The van der Waals surface area contributed by atoms with Crippen LogP contribution in [0.1, 0.15) is 75.7 Å². The summed E-state index contributed by atoms with van der Waals surface area (Å²) in [6, 6.07) is 11.9. The van der Waals surface area contributed by atoms with Gasteiger partial charge < -0.3 is 19.4 Å². The van der Waals surface area contributed by atoms with Crippen LogP contribution in [0.5, 0.6) is 5.75 Å². The monoisotopic (exact) mass is 724 g/mol. The number of thiophene rings is 1. The summed E-state index contributed by atoms with van der Waals surface area (Å²) in [6.45, 7) is 2.40. The number of anilines is 1. The van der Waals surface area contributed by atoms with Gasteiger partial charge in [-0.25, -0.2) is 13.8 Å². The van der Waals surface area contributed by atoms with Gasteiger partial charge in [-0.05, 0) is 90.9 Å². The number of carbonyl (C=O) groups is 1. The number of methoxy groups -OCH3 is 1. The first kappa shape index (κ1) is 32.0. The zero-order chi connectivity index (χ0) is 35.0. The number of aryl methyl sites for hydroxylation is 3. The van der Waals surface area contributed by atoms with Crippen LogP contribution < -0.4 is 10.1 Å². The highest BCUT2D eigenvalue weighted by Crippen LogP contribution is 2.51. The van der Waals surface area contributed by atoms with Crippen molar-refractivity contribution >= 4 is 44.7 Å². The number of fused-ring (bicyclic) bond motifs is 5. The molecule has 9 nitrogen and oxygen atoms in total. The van der Waals surface area contributed by atoms with Gasteiger partial charge in [0.15, 0.2) is 11.6 Å². The molecule has 258 valence electrons. The van der Waals surface area contributed by atoms with Crippen molar-refractivity contribution in [3.05, 3.63) is 105 Å². The van der Waals surface area contributed by atoms with E-state index >= 15 is 4.39 Å². The molecule has 3 aliphatic rings. The molecule has 6 aromatic rings. The summed E-state index contributed by atoms with van der Waals surface area (Å²) < 4.78 is 41.2. The number of hydrogen-bond acceptors (Lipinski definition) is 9. The molecule has 0 unspecified atom stereocenters. The van der Waals surface area contributed by atoms with Gasteiger partial charge in [0.1, 0.15) is 11.6 Å². The van der Waals surface area contributed by atoms with Gasteiger partial charge in [-0.1, -0.05) is 23.7 Å². The van der Waals surface area contributed by atoms with Gasteiger partial charge in [-0.3, -0.25) is 9.78 Å². The van der Waals surface area contributed by atoms with Crippen molar-refractivity contribution in [2.75, 3.05) is 19.0 Å². The minimum atomic E-state index is -0.426. The molecule has 51 heavy (non-hydrogen) atoms. The highest BCUT2D eigenvalue weighted by Gasteiger charge is 2.45. The Balaban J connectivity index is 1.19. The van der Waals surface area contributed by atoms with E-state index in [0.717, 1.165) is 55.9 Å². The molecule has 1 saturated heterocycles. The number of amides is 1. The molecule has 2 aromatic carbocycles. The second-order valence-corrected chi connectivity index (χ2v) is 14.6. The fourth-order valence-electron chi connectivity index (χ4n) is 7.88. The van der Waals surface area contributed by atoms with Gasteiger partial charge in [-0.15, -0.1) is 21.5 Å². The van der Waals surface area contributed by atoms with Gasteiger partial charge in [-0.2, -0.15) is 0 Å². The lowest BCUT2D eigenvalue weighted by molar-refractivity contribution is 0.0776. The summed E-state index contributed by atoms with van der Waals surface area (Å²) in [4.78, 5) is 26.9. The average Bonchev–Trinajstić information content (AvgIpc) is 3.96. The largest absolute Gasteiger partial charge is 0.492 e.